The molecule has 2 rings (SSSR count). The maximum Gasteiger partial charge on any atom is 0.194 e. The van der Waals surface area contributed by atoms with E-state index in [1.165, 1.54) is 12.8 Å². The Bertz CT molecular complexity index is 392. The second kappa shape index (κ2) is 5.74. The van der Waals surface area contributed by atoms with Crippen molar-refractivity contribution < 1.29 is 13.2 Å². The lowest BCUT2D eigenvalue weighted by Crippen LogP contribution is -2.28. The van der Waals surface area contributed by atoms with Crippen LogP contribution >= 0.6 is 0 Å². The van der Waals surface area contributed by atoms with Crippen LogP contribution in [0.4, 0.5) is 13.2 Å². The molecule has 0 aromatic heterocycles. The third kappa shape index (κ3) is 3.48. The van der Waals surface area contributed by atoms with Gasteiger partial charge in [0.15, 0.2) is 17.5 Å². The minimum Gasteiger partial charge on any atom is -0.310 e. The lowest BCUT2D eigenvalue weighted by atomic mass is 10.1. The van der Waals surface area contributed by atoms with Gasteiger partial charge in [-0.2, -0.15) is 0 Å². The van der Waals surface area contributed by atoms with Gasteiger partial charge in [0.25, 0.3) is 0 Å². The van der Waals surface area contributed by atoms with Crippen LogP contribution in [0.1, 0.15) is 38.2 Å². The number of hydrogen-bond acceptors (Lipinski definition) is 1. The molecule has 0 radical (unpaired) electrons. The van der Waals surface area contributed by atoms with Crippen LogP contribution in [0.15, 0.2) is 12.1 Å². The number of hydrogen-bond donors (Lipinski definition) is 1. The van der Waals surface area contributed by atoms with Crippen LogP contribution in [0.2, 0.25) is 0 Å². The van der Waals surface area contributed by atoms with Crippen molar-refractivity contribution in [3.05, 3.63) is 35.1 Å². The molecule has 1 atom stereocenters. The molecule has 1 fully saturated rings. The van der Waals surface area contributed by atoms with Crippen molar-refractivity contribution in [1.29, 1.82) is 0 Å². The largest absolute Gasteiger partial charge is 0.310 e. The molecule has 1 aromatic carbocycles. The Morgan fingerprint density at radius 3 is 2.33 bits per heavy atom. The summed E-state index contributed by atoms with van der Waals surface area (Å²) in [5.41, 5.74) is 0.445. The smallest absolute Gasteiger partial charge is 0.194 e. The average Bonchev–Trinajstić information content (AvgIpc) is 3.15. The minimum atomic E-state index is -1.40. The van der Waals surface area contributed by atoms with Gasteiger partial charge in [-0.05, 0) is 36.5 Å². The van der Waals surface area contributed by atoms with Gasteiger partial charge >= 0.3 is 0 Å². The summed E-state index contributed by atoms with van der Waals surface area (Å²) in [5, 5.41) is 3.28. The number of rotatable bonds is 6. The lowest BCUT2D eigenvalue weighted by Gasteiger charge is -2.16. The fourth-order valence-corrected chi connectivity index (χ4v) is 2.12. The van der Waals surface area contributed by atoms with Crippen molar-refractivity contribution in [2.24, 2.45) is 5.92 Å². The molecule has 1 nitrogen and oxygen atoms in total. The van der Waals surface area contributed by atoms with Crippen LogP contribution in [-0.4, -0.2) is 6.04 Å². The highest BCUT2D eigenvalue weighted by Crippen LogP contribution is 2.34. The first kappa shape index (κ1) is 13.4. The molecule has 0 saturated heterocycles. The predicted molar refractivity (Wildman–Crippen MR) is 64.6 cm³/mol. The van der Waals surface area contributed by atoms with Gasteiger partial charge in [-0.15, -0.1) is 0 Å². The molecule has 18 heavy (non-hydrogen) atoms. The molecular formula is C14H18F3N. The van der Waals surface area contributed by atoms with Gasteiger partial charge in [0.05, 0.1) is 0 Å². The summed E-state index contributed by atoms with van der Waals surface area (Å²) < 4.78 is 38.8. The van der Waals surface area contributed by atoms with Gasteiger partial charge in [0, 0.05) is 12.6 Å². The highest BCUT2D eigenvalue weighted by Gasteiger charge is 2.24. The van der Waals surface area contributed by atoms with Crippen molar-refractivity contribution in [2.75, 3.05) is 0 Å². The van der Waals surface area contributed by atoms with Gasteiger partial charge in [-0.25, -0.2) is 13.2 Å². The predicted octanol–water partition coefficient (Wildman–Crippen LogP) is 3.77. The zero-order valence-electron chi connectivity index (χ0n) is 10.5. The zero-order chi connectivity index (χ0) is 13.1. The van der Waals surface area contributed by atoms with Gasteiger partial charge in [0.2, 0.25) is 0 Å². The summed E-state index contributed by atoms with van der Waals surface area (Å²) in [7, 11) is 0. The molecule has 100 valence electrons. The zero-order valence-corrected chi connectivity index (χ0v) is 10.5. The van der Waals surface area contributed by atoms with Crippen molar-refractivity contribution in [3.63, 3.8) is 0 Å². The van der Waals surface area contributed by atoms with Crippen molar-refractivity contribution in [3.8, 4) is 0 Å². The topological polar surface area (TPSA) is 12.0 Å². The van der Waals surface area contributed by atoms with Gasteiger partial charge in [-0.3, -0.25) is 0 Å². The second-order valence-electron chi connectivity index (χ2n) is 5.04. The third-order valence-electron chi connectivity index (χ3n) is 3.45. The van der Waals surface area contributed by atoms with E-state index in [0.29, 0.717) is 18.2 Å². The first-order valence-electron chi connectivity index (χ1n) is 6.47. The first-order valence-corrected chi connectivity index (χ1v) is 6.47. The van der Waals surface area contributed by atoms with Crippen LogP contribution in [-0.2, 0) is 6.54 Å². The van der Waals surface area contributed by atoms with E-state index in [9.17, 15) is 13.2 Å². The molecule has 0 amide bonds. The van der Waals surface area contributed by atoms with E-state index in [0.717, 1.165) is 30.9 Å². The van der Waals surface area contributed by atoms with E-state index in [1.54, 1.807) is 0 Å². The average molecular weight is 257 g/mol. The van der Waals surface area contributed by atoms with E-state index >= 15 is 0 Å². The SMILES string of the molecule is CCC(CC1CC1)NCc1cc(F)c(F)c(F)c1. The fraction of sp³-hybridized carbons (Fsp3) is 0.571. The van der Waals surface area contributed by atoms with Crippen molar-refractivity contribution >= 4 is 0 Å². The number of halogens is 3. The van der Waals surface area contributed by atoms with E-state index in [-0.39, 0.29) is 0 Å². The minimum absolute atomic E-state index is 0.369. The third-order valence-corrected chi connectivity index (χ3v) is 3.45. The van der Waals surface area contributed by atoms with Crippen molar-refractivity contribution in [1.82, 2.24) is 5.32 Å². The molecule has 1 aliphatic rings. The molecule has 0 spiro atoms. The molecule has 1 aromatic rings. The van der Waals surface area contributed by atoms with Crippen molar-refractivity contribution in [2.45, 2.75) is 45.2 Å². The Kier molecular flexibility index (Phi) is 4.27. The first-order chi connectivity index (χ1) is 8.60. The summed E-state index contributed by atoms with van der Waals surface area (Å²) >= 11 is 0. The molecule has 1 saturated carbocycles. The molecule has 1 aliphatic carbocycles. The summed E-state index contributed by atoms with van der Waals surface area (Å²) in [6, 6.07) is 2.47. The number of nitrogens with one attached hydrogen (secondary N) is 1. The van der Waals surface area contributed by atoms with Crippen LogP contribution < -0.4 is 5.32 Å². The molecule has 0 aliphatic heterocycles. The van der Waals surface area contributed by atoms with E-state index in [2.05, 4.69) is 12.2 Å². The molecule has 1 unspecified atom stereocenters. The van der Waals surface area contributed by atoms with Gasteiger partial charge in [0.1, 0.15) is 0 Å². The Labute approximate surface area is 105 Å². The molecule has 4 heteroatoms. The standard InChI is InChI=1S/C14H18F3N/c1-2-11(5-9-3-4-9)18-8-10-6-12(15)14(17)13(16)7-10/h6-7,9,11,18H,2-5,8H2,1H3. The molecular weight excluding hydrogens is 239 g/mol. The fourth-order valence-electron chi connectivity index (χ4n) is 2.12. The normalized spacial score (nSPS) is 16.9. The summed E-state index contributed by atoms with van der Waals surface area (Å²) in [6.07, 6.45) is 4.68. The summed E-state index contributed by atoms with van der Waals surface area (Å²) in [4.78, 5) is 0. The molecule has 0 bridgehead atoms. The Morgan fingerprint density at radius 1 is 1.22 bits per heavy atom. The maximum atomic E-state index is 13.0. The molecule has 0 heterocycles. The van der Waals surface area contributed by atoms with E-state index in [1.807, 2.05) is 0 Å². The van der Waals surface area contributed by atoms with Gasteiger partial charge in [-0.1, -0.05) is 19.8 Å². The van der Waals surface area contributed by atoms with Crippen LogP contribution in [0.3, 0.4) is 0 Å². The van der Waals surface area contributed by atoms with E-state index in [4.69, 9.17) is 0 Å². The van der Waals surface area contributed by atoms with Crippen LogP contribution in [0.25, 0.3) is 0 Å². The van der Waals surface area contributed by atoms with Crippen LogP contribution in [0.5, 0.6) is 0 Å². The molecule has 1 N–H and O–H groups in total. The summed E-state index contributed by atoms with van der Waals surface area (Å²) in [5.74, 6) is -2.84. The lowest BCUT2D eigenvalue weighted by molar-refractivity contribution is 0.431. The quantitative estimate of drug-likeness (QED) is 0.765. The highest BCUT2D eigenvalue weighted by atomic mass is 19.2. The Hall–Kier alpha value is -1.03. The Morgan fingerprint density at radius 2 is 1.83 bits per heavy atom. The monoisotopic (exact) mass is 257 g/mol. The summed E-state index contributed by atoms with van der Waals surface area (Å²) in [6.45, 7) is 2.46. The Balaban J connectivity index is 1.91. The van der Waals surface area contributed by atoms with E-state index < -0.39 is 17.5 Å². The van der Waals surface area contributed by atoms with Gasteiger partial charge < -0.3 is 5.32 Å². The van der Waals surface area contributed by atoms with Crippen LogP contribution in [0, 0.1) is 23.4 Å². The number of benzene rings is 1. The maximum absolute atomic E-state index is 13.0. The second-order valence-corrected chi connectivity index (χ2v) is 5.04. The highest BCUT2D eigenvalue weighted by molar-refractivity contribution is 5.19.